The minimum absolute atomic E-state index is 0.0608. The summed E-state index contributed by atoms with van der Waals surface area (Å²) in [5.74, 6) is 0.820. The van der Waals surface area contributed by atoms with Gasteiger partial charge in [-0.25, -0.2) is 4.79 Å². The van der Waals surface area contributed by atoms with Gasteiger partial charge in [0.1, 0.15) is 11.9 Å². The maximum atomic E-state index is 11.0. The predicted molar refractivity (Wildman–Crippen MR) is 113 cm³/mol. The second-order valence-corrected chi connectivity index (χ2v) is 7.30. The van der Waals surface area contributed by atoms with Gasteiger partial charge in [-0.3, -0.25) is 4.98 Å². The molecular formula is C24H24N2O3. The van der Waals surface area contributed by atoms with Crippen molar-refractivity contribution in [1.29, 1.82) is 0 Å². The first kappa shape index (κ1) is 19.0. The number of carboxylic acid groups (broad SMARTS) is 1. The number of hydrogen-bond acceptors (Lipinski definition) is 3. The van der Waals surface area contributed by atoms with E-state index in [0.717, 1.165) is 35.4 Å². The number of aromatic nitrogens is 1. The van der Waals surface area contributed by atoms with Crippen LogP contribution < -0.4 is 4.74 Å². The summed E-state index contributed by atoms with van der Waals surface area (Å²) in [7, 11) is 0. The van der Waals surface area contributed by atoms with E-state index in [-0.39, 0.29) is 6.10 Å². The zero-order valence-corrected chi connectivity index (χ0v) is 16.4. The van der Waals surface area contributed by atoms with Crippen molar-refractivity contribution in [2.75, 3.05) is 13.1 Å². The monoisotopic (exact) mass is 388 g/mol. The topological polar surface area (TPSA) is 62.7 Å². The van der Waals surface area contributed by atoms with Crippen LogP contribution in [0.3, 0.4) is 0 Å². The summed E-state index contributed by atoms with van der Waals surface area (Å²) >= 11 is 0. The van der Waals surface area contributed by atoms with Crippen molar-refractivity contribution < 1.29 is 14.6 Å². The van der Waals surface area contributed by atoms with Gasteiger partial charge in [0.05, 0.1) is 5.69 Å². The molecule has 1 fully saturated rings. The predicted octanol–water partition coefficient (Wildman–Crippen LogP) is 5.25. The number of rotatable bonds is 4. The Bertz CT molecular complexity index is 979. The van der Waals surface area contributed by atoms with Gasteiger partial charge >= 0.3 is 6.09 Å². The number of nitrogens with zero attached hydrogens (tertiary/aromatic N) is 2. The normalized spacial score (nSPS) is 14.6. The highest BCUT2D eigenvalue weighted by Crippen LogP contribution is 2.32. The number of ether oxygens (including phenoxy) is 1. The summed E-state index contributed by atoms with van der Waals surface area (Å²) in [5.41, 5.74) is 5.61. The van der Waals surface area contributed by atoms with Crippen molar-refractivity contribution in [1.82, 2.24) is 9.88 Å². The van der Waals surface area contributed by atoms with E-state index in [4.69, 9.17) is 9.84 Å². The van der Waals surface area contributed by atoms with Gasteiger partial charge < -0.3 is 14.7 Å². The van der Waals surface area contributed by atoms with Crippen molar-refractivity contribution in [2.45, 2.75) is 25.9 Å². The zero-order chi connectivity index (χ0) is 20.2. The lowest BCUT2D eigenvalue weighted by molar-refractivity contribution is 0.0895. The van der Waals surface area contributed by atoms with E-state index in [9.17, 15) is 4.79 Å². The first-order valence-electron chi connectivity index (χ1n) is 9.88. The van der Waals surface area contributed by atoms with Crippen molar-refractivity contribution in [3.8, 4) is 28.1 Å². The lowest BCUT2D eigenvalue weighted by Crippen LogP contribution is -2.41. The van der Waals surface area contributed by atoms with Crippen molar-refractivity contribution in [3.05, 3.63) is 72.4 Å². The number of piperidine rings is 1. The van der Waals surface area contributed by atoms with E-state index in [1.54, 1.807) is 0 Å². The molecule has 0 spiro atoms. The Morgan fingerprint density at radius 2 is 1.72 bits per heavy atom. The molecule has 0 aliphatic carbocycles. The number of pyridine rings is 1. The van der Waals surface area contributed by atoms with Gasteiger partial charge in [-0.1, -0.05) is 36.4 Å². The molecule has 0 atom stereocenters. The van der Waals surface area contributed by atoms with Gasteiger partial charge in [0.2, 0.25) is 0 Å². The summed E-state index contributed by atoms with van der Waals surface area (Å²) in [4.78, 5) is 16.9. The van der Waals surface area contributed by atoms with Crippen LogP contribution in [0.4, 0.5) is 4.79 Å². The van der Waals surface area contributed by atoms with Crippen LogP contribution in [0.2, 0.25) is 0 Å². The lowest BCUT2D eigenvalue weighted by Gasteiger charge is -2.30. The Hall–Kier alpha value is -3.34. The quantitative estimate of drug-likeness (QED) is 0.663. The van der Waals surface area contributed by atoms with E-state index in [0.29, 0.717) is 13.1 Å². The zero-order valence-electron chi connectivity index (χ0n) is 16.4. The third-order valence-electron chi connectivity index (χ3n) is 5.46. The van der Waals surface area contributed by atoms with Crippen molar-refractivity contribution in [2.24, 2.45) is 0 Å². The van der Waals surface area contributed by atoms with E-state index in [1.807, 2.05) is 36.5 Å². The van der Waals surface area contributed by atoms with E-state index < -0.39 is 6.09 Å². The van der Waals surface area contributed by atoms with Crippen LogP contribution in [0.5, 0.6) is 5.75 Å². The SMILES string of the molecule is Cc1c(-c2ccc(OC3CCN(C(=O)O)CC3)cc2)cccc1-c1ccccn1. The van der Waals surface area contributed by atoms with Crippen LogP contribution in [0.25, 0.3) is 22.4 Å². The molecule has 3 aromatic rings. The molecule has 0 saturated carbocycles. The molecule has 4 rings (SSSR count). The van der Waals surface area contributed by atoms with Crippen LogP contribution in [-0.4, -0.2) is 40.3 Å². The van der Waals surface area contributed by atoms with Gasteiger partial charge in [0.25, 0.3) is 0 Å². The maximum absolute atomic E-state index is 11.0. The molecule has 29 heavy (non-hydrogen) atoms. The van der Waals surface area contributed by atoms with Gasteiger partial charge in [-0.2, -0.15) is 0 Å². The molecule has 0 unspecified atom stereocenters. The smallest absolute Gasteiger partial charge is 0.407 e. The summed E-state index contributed by atoms with van der Waals surface area (Å²) in [6.45, 7) is 3.18. The molecule has 2 heterocycles. The lowest BCUT2D eigenvalue weighted by atomic mass is 9.95. The Kier molecular flexibility index (Phi) is 5.47. The van der Waals surface area contributed by atoms with Crippen LogP contribution >= 0.6 is 0 Å². The van der Waals surface area contributed by atoms with E-state index in [2.05, 4.69) is 42.2 Å². The molecule has 5 heteroatoms. The van der Waals surface area contributed by atoms with E-state index >= 15 is 0 Å². The Morgan fingerprint density at radius 1 is 1.00 bits per heavy atom. The van der Waals surface area contributed by atoms with Gasteiger partial charge in [-0.05, 0) is 47.9 Å². The van der Waals surface area contributed by atoms with Crippen molar-refractivity contribution >= 4 is 6.09 Å². The standard InChI is InChI=1S/C24H24N2O3/c1-17-21(5-4-6-22(17)23-7-2-3-14-25-23)18-8-10-19(11-9-18)29-20-12-15-26(16-13-20)24(27)28/h2-11,14,20H,12-13,15-16H2,1H3,(H,27,28). The third kappa shape index (κ3) is 4.24. The second kappa shape index (κ2) is 8.35. The molecule has 1 amide bonds. The molecule has 0 radical (unpaired) electrons. The largest absolute Gasteiger partial charge is 0.490 e. The van der Waals surface area contributed by atoms with Crippen LogP contribution in [0.1, 0.15) is 18.4 Å². The molecule has 1 saturated heterocycles. The van der Waals surface area contributed by atoms with Crippen molar-refractivity contribution in [3.63, 3.8) is 0 Å². The van der Waals surface area contributed by atoms with Crippen LogP contribution in [0.15, 0.2) is 66.9 Å². The van der Waals surface area contributed by atoms with Gasteiger partial charge in [0, 0.05) is 37.7 Å². The Balaban J connectivity index is 1.48. The molecule has 1 aliphatic heterocycles. The van der Waals surface area contributed by atoms with Crippen LogP contribution in [-0.2, 0) is 0 Å². The van der Waals surface area contributed by atoms with Gasteiger partial charge in [-0.15, -0.1) is 0 Å². The summed E-state index contributed by atoms with van der Waals surface area (Å²) in [6, 6.07) is 20.4. The molecule has 148 valence electrons. The third-order valence-corrected chi connectivity index (χ3v) is 5.46. The number of benzene rings is 2. The molecular weight excluding hydrogens is 364 g/mol. The molecule has 0 bridgehead atoms. The highest BCUT2D eigenvalue weighted by Gasteiger charge is 2.23. The summed E-state index contributed by atoms with van der Waals surface area (Å²) in [5, 5.41) is 9.05. The Morgan fingerprint density at radius 3 is 2.38 bits per heavy atom. The maximum Gasteiger partial charge on any atom is 0.407 e. The fraction of sp³-hybridized carbons (Fsp3) is 0.250. The van der Waals surface area contributed by atoms with E-state index in [1.165, 1.54) is 16.0 Å². The number of likely N-dealkylation sites (tertiary alicyclic amines) is 1. The fourth-order valence-electron chi connectivity index (χ4n) is 3.82. The minimum Gasteiger partial charge on any atom is -0.490 e. The summed E-state index contributed by atoms with van der Waals surface area (Å²) < 4.78 is 6.07. The number of carbonyl (C=O) groups is 1. The molecule has 1 N–H and O–H groups in total. The minimum atomic E-state index is -0.851. The highest BCUT2D eigenvalue weighted by atomic mass is 16.5. The Labute approximate surface area is 170 Å². The molecule has 5 nitrogen and oxygen atoms in total. The number of amides is 1. The van der Waals surface area contributed by atoms with Gasteiger partial charge in [0.15, 0.2) is 0 Å². The average Bonchev–Trinajstić information content (AvgIpc) is 2.76. The summed E-state index contributed by atoms with van der Waals surface area (Å²) in [6.07, 6.45) is 2.47. The highest BCUT2D eigenvalue weighted by molar-refractivity contribution is 5.77. The second-order valence-electron chi connectivity index (χ2n) is 7.30. The molecule has 2 aromatic carbocycles. The average molecular weight is 388 g/mol. The first-order valence-corrected chi connectivity index (χ1v) is 9.88. The number of hydrogen-bond donors (Lipinski definition) is 1. The fourth-order valence-corrected chi connectivity index (χ4v) is 3.82. The molecule has 1 aromatic heterocycles. The first-order chi connectivity index (χ1) is 14.1. The molecule has 1 aliphatic rings. The van der Waals surface area contributed by atoms with Crippen LogP contribution in [0, 0.1) is 6.92 Å².